The van der Waals surface area contributed by atoms with E-state index in [1.807, 2.05) is 0 Å². The highest BCUT2D eigenvalue weighted by Crippen LogP contribution is 2.18. The Labute approximate surface area is 207 Å². The van der Waals surface area contributed by atoms with E-state index in [0.717, 1.165) is 15.6 Å². The van der Waals surface area contributed by atoms with E-state index in [1.54, 1.807) is 23.6 Å². The molecule has 1 atom stereocenters. The van der Waals surface area contributed by atoms with Crippen molar-refractivity contribution in [3.8, 4) is 0 Å². The van der Waals surface area contributed by atoms with Crippen molar-refractivity contribution in [1.29, 1.82) is 5.41 Å². The van der Waals surface area contributed by atoms with Crippen LogP contribution in [0.5, 0.6) is 0 Å². The molecule has 2 aromatic rings. The molecule has 1 aromatic heterocycles. The lowest BCUT2D eigenvalue weighted by Crippen LogP contribution is -2.55. The minimum absolute atomic E-state index is 0.0476. The van der Waals surface area contributed by atoms with Crippen molar-refractivity contribution in [2.24, 2.45) is 5.73 Å². The minimum Gasteiger partial charge on any atom is -0.370 e. The number of nitrogens with one attached hydrogen (secondary N) is 3. The summed E-state index contributed by atoms with van der Waals surface area (Å²) in [6.07, 6.45) is 2.23. The van der Waals surface area contributed by atoms with Crippen LogP contribution in [0.3, 0.4) is 0 Å². The number of ketones is 1. The van der Waals surface area contributed by atoms with Gasteiger partial charge in [-0.3, -0.25) is 19.8 Å². The monoisotopic (exact) mass is 521 g/mol. The largest absolute Gasteiger partial charge is 0.370 e. The molecule has 1 aliphatic rings. The average molecular weight is 522 g/mol. The SMILES string of the molecule is N=C(N)NCCCC(NC(=O)CN1CCN(S(=O)(=O)c2ccccc2)CC1=O)C(=O)c1nccs1. The van der Waals surface area contributed by atoms with Crippen molar-refractivity contribution in [2.75, 3.05) is 32.7 Å². The summed E-state index contributed by atoms with van der Waals surface area (Å²) >= 11 is 1.16. The van der Waals surface area contributed by atoms with Crippen LogP contribution in [0.2, 0.25) is 0 Å². The summed E-state index contributed by atoms with van der Waals surface area (Å²) < 4.78 is 26.6. The van der Waals surface area contributed by atoms with Gasteiger partial charge in [-0.2, -0.15) is 4.31 Å². The summed E-state index contributed by atoms with van der Waals surface area (Å²) in [6, 6.07) is 6.98. The highest BCUT2D eigenvalue weighted by molar-refractivity contribution is 7.89. The molecule has 0 spiro atoms. The van der Waals surface area contributed by atoms with Crippen LogP contribution in [0, 0.1) is 5.41 Å². The van der Waals surface area contributed by atoms with Gasteiger partial charge in [-0.25, -0.2) is 13.4 Å². The number of nitrogens with zero attached hydrogens (tertiary/aromatic N) is 3. The van der Waals surface area contributed by atoms with E-state index in [2.05, 4.69) is 15.6 Å². The topological polar surface area (TPSA) is 179 Å². The number of hydrogen-bond donors (Lipinski definition) is 4. The second-order valence-electron chi connectivity index (χ2n) is 7.77. The lowest BCUT2D eigenvalue weighted by molar-refractivity contribution is -0.138. The third-order valence-electron chi connectivity index (χ3n) is 5.28. The maximum atomic E-state index is 12.8. The predicted octanol–water partition coefficient (Wildman–Crippen LogP) is -0.393. The number of hydrogen-bond acceptors (Lipinski definition) is 8. The van der Waals surface area contributed by atoms with Crippen molar-refractivity contribution in [3.63, 3.8) is 0 Å². The van der Waals surface area contributed by atoms with E-state index in [9.17, 15) is 22.8 Å². The molecular weight excluding hydrogens is 494 g/mol. The van der Waals surface area contributed by atoms with Gasteiger partial charge in [0, 0.05) is 31.2 Å². The van der Waals surface area contributed by atoms with Gasteiger partial charge < -0.3 is 21.3 Å². The molecule has 0 bridgehead atoms. The van der Waals surface area contributed by atoms with Gasteiger partial charge >= 0.3 is 0 Å². The number of sulfonamides is 1. The first-order valence-corrected chi connectivity index (χ1v) is 13.1. The number of carbonyl (C=O) groups excluding carboxylic acids is 3. The first kappa shape index (κ1) is 26.2. The fourth-order valence-electron chi connectivity index (χ4n) is 3.51. The van der Waals surface area contributed by atoms with Gasteiger partial charge in [0.25, 0.3) is 0 Å². The molecule has 1 aliphatic heterocycles. The van der Waals surface area contributed by atoms with Gasteiger partial charge in [-0.1, -0.05) is 18.2 Å². The maximum Gasteiger partial charge on any atom is 0.243 e. The zero-order valence-corrected chi connectivity index (χ0v) is 20.5. The predicted molar refractivity (Wildman–Crippen MR) is 129 cm³/mol. The van der Waals surface area contributed by atoms with Gasteiger partial charge in [0.05, 0.1) is 24.0 Å². The normalized spacial score (nSPS) is 15.4. The number of Topliss-reactive ketones (excluding diaryl/α,β-unsaturated/α-hetero) is 1. The molecule has 12 nitrogen and oxygen atoms in total. The molecule has 1 unspecified atom stereocenters. The number of benzene rings is 1. The van der Waals surface area contributed by atoms with E-state index in [-0.39, 0.29) is 54.2 Å². The van der Waals surface area contributed by atoms with E-state index < -0.39 is 27.9 Å². The Morgan fingerprint density at radius 1 is 1.23 bits per heavy atom. The van der Waals surface area contributed by atoms with Crippen LogP contribution >= 0.6 is 11.3 Å². The van der Waals surface area contributed by atoms with Crippen molar-refractivity contribution >= 4 is 44.9 Å². The molecule has 1 fully saturated rings. The highest BCUT2D eigenvalue weighted by Gasteiger charge is 2.34. The molecule has 14 heteroatoms. The summed E-state index contributed by atoms with van der Waals surface area (Å²) in [5, 5.41) is 14.4. The first-order chi connectivity index (χ1) is 16.7. The number of rotatable bonds is 11. The van der Waals surface area contributed by atoms with Crippen molar-refractivity contribution in [2.45, 2.75) is 23.8 Å². The Kier molecular flexibility index (Phi) is 8.89. The molecule has 1 aromatic carbocycles. The highest BCUT2D eigenvalue weighted by atomic mass is 32.2. The zero-order chi connectivity index (χ0) is 25.4. The van der Waals surface area contributed by atoms with Crippen LogP contribution in [0.4, 0.5) is 0 Å². The molecular formula is C21H27N7O5S2. The second-order valence-corrected chi connectivity index (χ2v) is 10.6. The molecule has 188 valence electrons. The Morgan fingerprint density at radius 2 is 1.97 bits per heavy atom. The Hall–Kier alpha value is -3.36. The number of guanidine groups is 1. The number of aromatic nitrogens is 1. The fraction of sp³-hybridized carbons (Fsp3) is 0.381. The summed E-state index contributed by atoms with van der Waals surface area (Å²) in [4.78, 5) is 43.5. The Morgan fingerprint density at radius 3 is 2.60 bits per heavy atom. The van der Waals surface area contributed by atoms with E-state index in [4.69, 9.17) is 11.1 Å². The van der Waals surface area contributed by atoms with Gasteiger partial charge in [-0.05, 0) is 25.0 Å². The van der Waals surface area contributed by atoms with E-state index in [1.165, 1.54) is 23.2 Å². The molecule has 0 radical (unpaired) electrons. The van der Waals surface area contributed by atoms with E-state index in [0.29, 0.717) is 13.0 Å². The molecule has 0 aliphatic carbocycles. The smallest absolute Gasteiger partial charge is 0.243 e. The van der Waals surface area contributed by atoms with Crippen molar-refractivity contribution in [3.05, 3.63) is 46.9 Å². The standard InChI is InChI=1S/C21H27N7O5S2/c22-21(23)25-8-4-7-16(19(31)20-24-9-12-34-20)26-17(29)13-27-10-11-28(14-18(27)30)35(32,33)15-5-2-1-3-6-15/h1-3,5-6,9,12,16H,4,7-8,10-11,13-14H2,(H,26,29)(H4,22,23,25). The van der Waals surface area contributed by atoms with Gasteiger partial charge in [0.2, 0.25) is 27.6 Å². The number of nitrogens with two attached hydrogens (primary N) is 1. The van der Waals surface area contributed by atoms with Gasteiger partial charge in [0.15, 0.2) is 11.0 Å². The first-order valence-electron chi connectivity index (χ1n) is 10.8. The molecule has 1 saturated heterocycles. The zero-order valence-electron chi connectivity index (χ0n) is 18.8. The second kappa shape index (κ2) is 11.9. The van der Waals surface area contributed by atoms with Crippen molar-refractivity contribution in [1.82, 2.24) is 24.8 Å². The average Bonchev–Trinajstić information content (AvgIpc) is 3.37. The number of carbonyl (C=O) groups is 3. The third-order valence-corrected chi connectivity index (χ3v) is 7.93. The molecule has 5 N–H and O–H groups in total. The molecule has 2 amide bonds. The Bertz CT molecular complexity index is 1160. The van der Waals surface area contributed by atoms with Crippen LogP contribution < -0.4 is 16.4 Å². The van der Waals surface area contributed by atoms with Crippen LogP contribution in [-0.4, -0.2) is 84.9 Å². The maximum absolute atomic E-state index is 12.8. The van der Waals surface area contributed by atoms with Crippen LogP contribution in [0.15, 0.2) is 46.8 Å². The van der Waals surface area contributed by atoms with Crippen LogP contribution in [0.25, 0.3) is 0 Å². The van der Waals surface area contributed by atoms with Gasteiger partial charge in [0.1, 0.15) is 0 Å². The Balaban J connectivity index is 1.58. The lowest BCUT2D eigenvalue weighted by atomic mass is 10.1. The molecule has 35 heavy (non-hydrogen) atoms. The summed E-state index contributed by atoms with van der Waals surface area (Å²) in [7, 11) is -3.82. The van der Waals surface area contributed by atoms with Gasteiger partial charge in [-0.15, -0.1) is 11.3 Å². The quantitative estimate of drug-likeness (QED) is 0.134. The minimum atomic E-state index is -3.82. The van der Waals surface area contributed by atoms with Crippen molar-refractivity contribution < 1.29 is 22.8 Å². The number of amides is 2. The molecule has 3 rings (SSSR count). The number of piperazine rings is 1. The summed E-state index contributed by atoms with van der Waals surface area (Å²) in [6.45, 7) is -0.225. The summed E-state index contributed by atoms with van der Waals surface area (Å²) in [5.41, 5.74) is 5.26. The lowest BCUT2D eigenvalue weighted by Gasteiger charge is -2.33. The fourth-order valence-corrected chi connectivity index (χ4v) is 5.54. The number of thiazole rings is 1. The summed E-state index contributed by atoms with van der Waals surface area (Å²) in [5.74, 6) is -1.57. The third kappa shape index (κ3) is 7.07. The molecule has 2 heterocycles. The molecule has 0 saturated carbocycles. The van der Waals surface area contributed by atoms with E-state index >= 15 is 0 Å². The van der Waals surface area contributed by atoms with Crippen LogP contribution in [0.1, 0.15) is 22.6 Å². The van der Waals surface area contributed by atoms with Crippen LogP contribution in [-0.2, 0) is 19.6 Å².